The van der Waals surface area contributed by atoms with E-state index in [0.717, 1.165) is 17.8 Å². The molecule has 2 aromatic carbocycles. The Kier molecular flexibility index (Phi) is 5.76. The number of halogens is 1. The number of sulfonamides is 1. The van der Waals surface area contributed by atoms with E-state index in [9.17, 15) is 17.6 Å². The van der Waals surface area contributed by atoms with E-state index in [1.54, 1.807) is 12.1 Å². The molecule has 0 bridgehead atoms. The number of anilines is 1. The van der Waals surface area contributed by atoms with Gasteiger partial charge >= 0.3 is 0 Å². The summed E-state index contributed by atoms with van der Waals surface area (Å²) in [5.41, 5.74) is 3.64. The summed E-state index contributed by atoms with van der Waals surface area (Å²) in [5, 5.41) is 1.62. The maximum absolute atomic E-state index is 13.1. The lowest BCUT2D eigenvalue weighted by Gasteiger charge is -2.32. The fourth-order valence-electron chi connectivity index (χ4n) is 3.10. The molecular formula is C19H22FN3O3S. The molecule has 1 heterocycles. The highest BCUT2D eigenvalue weighted by atomic mass is 32.2. The topological polar surface area (TPSA) is 69.7 Å². The van der Waals surface area contributed by atoms with Crippen LogP contribution in [0.2, 0.25) is 0 Å². The maximum atomic E-state index is 13.1. The Labute approximate surface area is 158 Å². The first-order valence-corrected chi connectivity index (χ1v) is 10.2. The minimum absolute atomic E-state index is 0.0337. The van der Waals surface area contributed by atoms with Crippen LogP contribution in [0.1, 0.15) is 12.8 Å². The number of hydrogen-bond donors (Lipinski definition) is 1. The van der Waals surface area contributed by atoms with Gasteiger partial charge in [-0.1, -0.05) is 18.2 Å². The molecule has 6 nitrogen and oxygen atoms in total. The quantitative estimate of drug-likeness (QED) is 0.795. The molecule has 27 heavy (non-hydrogen) atoms. The molecule has 2 aromatic rings. The highest BCUT2D eigenvalue weighted by molar-refractivity contribution is 7.89. The summed E-state index contributed by atoms with van der Waals surface area (Å²) in [6.07, 6.45) is 1.21. The third-order valence-corrected chi connectivity index (χ3v) is 6.51. The van der Waals surface area contributed by atoms with Crippen LogP contribution >= 0.6 is 0 Å². The van der Waals surface area contributed by atoms with Crippen LogP contribution in [0.3, 0.4) is 0 Å². The summed E-state index contributed by atoms with van der Waals surface area (Å²) < 4.78 is 39.9. The van der Waals surface area contributed by atoms with Crippen LogP contribution < -0.4 is 10.4 Å². The van der Waals surface area contributed by atoms with E-state index in [0.29, 0.717) is 19.4 Å². The van der Waals surface area contributed by atoms with Gasteiger partial charge in [0.15, 0.2) is 0 Å². The largest absolute Gasteiger partial charge is 0.289 e. The summed E-state index contributed by atoms with van der Waals surface area (Å²) in [7, 11) is -2.01. The first-order valence-electron chi connectivity index (χ1n) is 8.73. The molecule has 1 atom stereocenters. The number of hydrazine groups is 1. The Bertz CT molecular complexity index is 888. The van der Waals surface area contributed by atoms with Gasteiger partial charge in [-0.3, -0.25) is 15.2 Å². The molecule has 1 saturated heterocycles. The minimum atomic E-state index is -3.75. The van der Waals surface area contributed by atoms with Crippen LogP contribution in [0, 0.1) is 11.7 Å². The molecule has 3 rings (SSSR count). The van der Waals surface area contributed by atoms with Gasteiger partial charge in [0.1, 0.15) is 5.82 Å². The Morgan fingerprint density at radius 1 is 1.15 bits per heavy atom. The van der Waals surface area contributed by atoms with Crippen LogP contribution in [-0.4, -0.2) is 38.8 Å². The van der Waals surface area contributed by atoms with Crippen LogP contribution in [0.5, 0.6) is 0 Å². The lowest BCUT2D eigenvalue weighted by atomic mass is 9.99. The number of nitrogens with zero attached hydrogens (tertiary/aromatic N) is 2. The van der Waals surface area contributed by atoms with E-state index < -0.39 is 21.8 Å². The van der Waals surface area contributed by atoms with Gasteiger partial charge in [0, 0.05) is 20.1 Å². The Morgan fingerprint density at radius 2 is 1.81 bits per heavy atom. The minimum Gasteiger partial charge on any atom is -0.289 e. The lowest BCUT2D eigenvalue weighted by molar-refractivity contribution is -0.126. The second-order valence-corrected chi connectivity index (χ2v) is 8.46. The number of hydrogen-bond acceptors (Lipinski definition) is 4. The van der Waals surface area contributed by atoms with E-state index in [1.807, 2.05) is 30.3 Å². The second kappa shape index (κ2) is 8.06. The SMILES string of the molecule is CN(NC(=O)[C@@H]1CCCN(S(=O)(=O)c2ccc(F)cc2)C1)c1ccccc1. The van der Waals surface area contributed by atoms with Crippen LogP contribution in [-0.2, 0) is 14.8 Å². The summed E-state index contributed by atoms with van der Waals surface area (Å²) >= 11 is 0. The van der Waals surface area contributed by atoms with Crippen molar-refractivity contribution in [1.29, 1.82) is 0 Å². The molecule has 0 saturated carbocycles. The number of piperidine rings is 1. The molecule has 1 aliphatic rings. The van der Waals surface area contributed by atoms with Gasteiger partial charge in [-0.15, -0.1) is 0 Å². The van der Waals surface area contributed by atoms with E-state index in [1.165, 1.54) is 16.4 Å². The molecule has 1 amide bonds. The third kappa shape index (κ3) is 4.45. The van der Waals surface area contributed by atoms with Gasteiger partial charge in [-0.05, 0) is 49.2 Å². The molecule has 0 unspecified atom stereocenters. The molecule has 8 heteroatoms. The van der Waals surface area contributed by atoms with Gasteiger partial charge in [0.2, 0.25) is 15.9 Å². The average Bonchev–Trinajstić information content (AvgIpc) is 2.69. The number of rotatable bonds is 5. The first-order chi connectivity index (χ1) is 12.9. The number of para-hydroxylation sites is 1. The van der Waals surface area contributed by atoms with Gasteiger partial charge in [0.25, 0.3) is 0 Å². The summed E-state index contributed by atoms with van der Waals surface area (Å²) in [6.45, 7) is 0.451. The van der Waals surface area contributed by atoms with Crippen molar-refractivity contribution < 1.29 is 17.6 Å². The fourth-order valence-corrected chi connectivity index (χ4v) is 4.63. The molecule has 0 radical (unpaired) electrons. The number of carbonyl (C=O) groups excluding carboxylic acids is 1. The van der Waals surface area contributed by atoms with Crippen LogP contribution in [0.25, 0.3) is 0 Å². The van der Waals surface area contributed by atoms with E-state index in [-0.39, 0.29) is 17.3 Å². The maximum Gasteiger partial charge on any atom is 0.243 e. The molecule has 0 aromatic heterocycles. The van der Waals surface area contributed by atoms with Crippen molar-refractivity contribution in [2.45, 2.75) is 17.7 Å². The average molecular weight is 391 g/mol. The lowest BCUT2D eigenvalue weighted by Crippen LogP contribution is -2.49. The zero-order valence-corrected chi connectivity index (χ0v) is 15.8. The predicted molar refractivity (Wildman–Crippen MR) is 101 cm³/mol. The summed E-state index contributed by atoms with van der Waals surface area (Å²) in [6, 6.07) is 14.1. The zero-order chi connectivity index (χ0) is 19.4. The number of amides is 1. The molecule has 144 valence electrons. The van der Waals surface area contributed by atoms with E-state index in [4.69, 9.17) is 0 Å². The van der Waals surface area contributed by atoms with Crippen LogP contribution in [0.4, 0.5) is 10.1 Å². The smallest absolute Gasteiger partial charge is 0.243 e. The van der Waals surface area contributed by atoms with E-state index >= 15 is 0 Å². The number of carbonyl (C=O) groups is 1. The highest BCUT2D eigenvalue weighted by Gasteiger charge is 2.33. The highest BCUT2D eigenvalue weighted by Crippen LogP contribution is 2.24. The van der Waals surface area contributed by atoms with Gasteiger partial charge < -0.3 is 0 Å². The van der Waals surface area contributed by atoms with Crippen molar-refractivity contribution in [1.82, 2.24) is 9.73 Å². The third-order valence-electron chi connectivity index (χ3n) is 4.63. The Hall–Kier alpha value is -2.45. The summed E-state index contributed by atoms with van der Waals surface area (Å²) in [4.78, 5) is 12.6. The Balaban J connectivity index is 1.68. The van der Waals surface area contributed by atoms with Gasteiger partial charge in [0.05, 0.1) is 16.5 Å². The zero-order valence-electron chi connectivity index (χ0n) is 15.0. The Morgan fingerprint density at radius 3 is 2.48 bits per heavy atom. The molecule has 0 aliphatic carbocycles. The van der Waals surface area contributed by atoms with Crippen molar-refractivity contribution in [3.8, 4) is 0 Å². The van der Waals surface area contributed by atoms with Gasteiger partial charge in [-0.2, -0.15) is 4.31 Å². The van der Waals surface area contributed by atoms with Crippen LogP contribution in [0.15, 0.2) is 59.5 Å². The van der Waals surface area contributed by atoms with Crippen molar-refractivity contribution >= 4 is 21.6 Å². The second-order valence-electron chi connectivity index (χ2n) is 6.53. The monoisotopic (exact) mass is 391 g/mol. The summed E-state index contributed by atoms with van der Waals surface area (Å²) in [5.74, 6) is -1.16. The molecule has 1 fully saturated rings. The van der Waals surface area contributed by atoms with Gasteiger partial charge in [-0.25, -0.2) is 12.8 Å². The fraction of sp³-hybridized carbons (Fsp3) is 0.316. The number of benzene rings is 2. The standard InChI is InChI=1S/C19H22FN3O3S/c1-22(17-7-3-2-4-8-17)21-19(24)15-6-5-13-23(14-15)27(25,26)18-11-9-16(20)10-12-18/h2-4,7-12,15H,5-6,13-14H2,1H3,(H,21,24)/t15-/m1/s1. The van der Waals surface area contributed by atoms with Crippen molar-refractivity contribution in [2.75, 3.05) is 25.1 Å². The van der Waals surface area contributed by atoms with Crippen molar-refractivity contribution in [3.63, 3.8) is 0 Å². The first kappa shape index (κ1) is 19.3. The van der Waals surface area contributed by atoms with E-state index in [2.05, 4.69) is 5.43 Å². The molecule has 0 spiro atoms. The molecule has 1 N–H and O–H groups in total. The number of nitrogens with one attached hydrogen (secondary N) is 1. The normalized spacial score (nSPS) is 18.1. The van der Waals surface area contributed by atoms with Crippen molar-refractivity contribution in [3.05, 3.63) is 60.4 Å². The predicted octanol–water partition coefficient (Wildman–Crippen LogP) is 2.39. The molecule has 1 aliphatic heterocycles. The molecular weight excluding hydrogens is 369 g/mol. The van der Waals surface area contributed by atoms with Crippen molar-refractivity contribution in [2.24, 2.45) is 5.92 Å².